The number of fused-ring (bicyclic) bond motifs is 1. The predicted molar refractivity (Wildman–Crippen MR) is 156 cm³/mol. The quantitative estimate of drug-likeness (QED) is 0.447. The Balaban J connectivity index is 1.02. The number of sulfonamides is 1. The van der Waals surface area contributed by atoms with Crippen LogP contribution in [0.1, 0.15) is 56.4 Å². The van der Waals surface area contributed by atoms with Crippen molar-refractivity contribution in [1.82, 2.24) is 19.1 Å². The van der Waals surface area contributed by atoms with Gasteiger partial charge in [-0.1, -0.05) is 42.8 Å². The summed E-state index contributed by atoms with van der Waals surface area (Å²) in [5, 5.41) is 1.26. The first kappa shape index (κ1) is 26.1. The molecule has 7 heteroatoms. The third-order valence-corrected chi connectivity index (χ3v) is 11.1. The van der Waals surface area contributed by atoms with E-state index < -0.39 is 10.0 Å². The molecule has 1 N–H and O–H groups in total. The SMILES string of the molecule is O=S(=O)(CCN1CCC(N2CCCCC2)CC1)N1CCC(c2c[nH]c3ccc(-c4ccccc4)cc23)CC1. The molecule has 0 radical (unpaired) electrons. The largest absolute Gasteiger partial charge is 0.361 e. The van der Waals surface area contributed by atoms with Crippen molar-refractivity contribution in [1.29, 1.82) is 0 Å². The van der Waals surface area contributed by atoms with Gasteiger partial charge in [-0.3, -0.25) is 0 Å². The second kappa shape index (κ2) is 11.5. The van der Waals surface area contributed by atoms with Crippen molar-refractivity contribution < 1.29 is 8.42 Å². The zero-order chi connectivity index (χ0) is 26.0. The third-order valence-electron chi connectivity index (χ3n) is 9.24. The van der Waals surface area contributed by atoms with Gasteiger partial charge in [-0.25, -0.2) is 12.7 Å². The molecule has 6 rings (SSSR count). The number of hydrogen-bond donors (Lipinski definition) is 1. The number of H-pyrrole nitrogens is 1. The van der Waals surface area contributed by atoms with Crippen molar-refractivity contribution in [2.75, 3.05) is 51.6 Å². The number of nitrogens with one attached hydrogen (secondary N) is 1. The van der Waals surface area contributed by atoms with Crippen molar-refractivity contribution in [2.45, 2.75) is 56.9 Å². The van der Waals surface area contributed by atoms with E-state index in [4.69, 9.17) is 0 Å². The minimum Gasteiger partial charge on any atom is -0.361 e. The van der Waals surface area contributed by atoms with E-state index in [2.05, 4.69) is 63.4 Å². The average Bonchev–Trinajstić information content (AvgIpc) is 3.41. The van der Waals surface area contributed by atoms with Crippen molar-refractivity contribution in [2.24, 2.45) is 0 Å². The van der Waals surface area contributed by atoms with Crippen LogP contribution in [0.5, 0.6) is 0 Å². The van der Waals surface area contributed by atoms with Crippen molar-refractivity contribution >= 4 is 20.9 Å². The van der Waals surface area contributed by atoms with Crippen LogP contribution in [0.3, 0.4) is 0 Å². The zero-order valence-corrected chi connectivity index (χ0v) is 23.3. The second-order valence-corrected chi connectivity index (χ2v) is 13.6. The fraction of sp³-hybridized carbons (Fsp3) is 0.548. The molecule has 0 aliphatic carbocycles. The Morgan fingerprint density at radius 1 is 0.789 bits per heavy atom. The van der Waals surface area contributed by atoms with Gasteiger partial charge >= 0.3 is 0 Å². The van der Waals surface area contributed by atoms with Gasteiger partial charge < -0.3 is 14.8 Å². The number of likely N-dealkylation sites (tertiary alicyclic amines) is 2. The first-order chi connectivity index (χ1) is 18.6. The summed E-state index contributed by atoms with van der Waals surface area (Å²) in [6.45, 7) is 6.47. The molecule has 3 saturated heterocycles. The first-order valence-electron chi connectivity index (χ1n) is 14.7. The average molecular weight is 535 g/mol. The monoisotopic (exact) mass is 534 g/mol. The number of aromatic amines is 1. The van der Waals surface area contributed by atoms with E-state index in [1.54, 1.807) is 4.31 Å². The van der Waals surface area contributed by atoms with Gasteiger partial charge in [0, 0.05) is 42.8 Å². The maximum atomic E-state index is 13.2. The second-order valence-electron chi connectivity index (χ2n) is 11.5. The summed E-state index contributed by atoms with van der Waals surface area (Å²) in [7, 11) is -3.22. The van der Waals surface area contributed by atoms with E-state index in [9.17, 15) is 8.42 Å². The molecule has 0 bridgehead atoms. The standard InChI is InChI=1S/C31H42N4O2S/c36-38(37,22-21-33-17-13-28(14-18-33)34-15-5-2-6-16-34)35-19-11-26(12-20-35)30-24-32-31-10-9-27(23-29(30)31)25-7-3-1-4-8-25/h1,3-4,7-10,23-24,26,28,32H,2,5-6,11-22H2. The molecule has 3 aliphatic heterocycles. The molecule has 4 heterocycles. The van der Waals surface area contributed by atoms with E-state index in [-0.39, 0.29) is 5.75 Å². The van der Waals surface area contributed by atoms with E-state index in [0.29, 0.717) is 31.6 Å². The van der Waals surface area contributed by atoms with Crippen molar-refractivity contribution in [3.05, 3.63) is 60.3 Å². The third kappa shape index (κ3) is 5.71. The van der Waals surface area contributed by atoms with Crippen LogP contribution in [0.4, 0.5) is 0 Å². The Bertz CT molecular complexity index is 1300. The molecule has 0 atom stereocenters. The number of hydrogen-bond acceptors (Lipinski definition) is 4. The summed E-state index contributed by atoms with van der Waals surface area (Å²) in [6, 6.07) is 17.8. The number of piperidine rings is 3. The molecule has 204 valence electrons. The summed E-state index contributed by atoms with van der Waals surface area (Å²) in [5.41, 5.74) is 4.92. The first-order valence-corrected chi connectivity index (χ1v) is 16.3. The highest BCUT2D eigenvalue weighted by Crippen LogP contribution is 2.36. The maximum Gasteiger partial charge on any atom is 0.215 e. The molecule has 0 saturated carbocycles. The molecular formula is C31H42N4O2S. The van der Waals surface area contributed by atoms with Crippen LogP contribution in [0, 0.1) is 0 Å². The van der Waals surface area contributed by atoms with Gasteiger partial charge in [0.05, 0.1) is 5.75 Å². The predicted octanol–water partition coefficient (Wildman–Crippen LogP) is 5.29. The van der Waals surface area contributed by atoms with Crippen LogP contribution in [0.2, 0.25) is 0 Å². The van der Waals surface area contributed by atoms with Gasteiger partial charge in [0.2, 0.25) is 10.0 Å². The van der Waals surface area contributed by atoms with Gasteiger partial charge in [-0.05, 0) is 99.4 Å². The summed E-state index contributed by atoms with van der Waals surface area (Å²) in [4.78, 5) is 8.50. The van der Waals surface area contributed by atoms with Gasteiger partial charge in [-0.15, -0.1) is 0 Å². The molecule has 0 unspecified atom stereocenters. The normalized spacial score (nSPS) is 21.8. The fourth-order valence-corrected chi connectivity index (χ4v) is 8.41. The summed E-state index contributed by atoms with van der Waals surface area (Å²) >= 11 is 0. The molecule has 3 aliphatic rings. The van der Waals surface area contributed by atoms with Gasteiger partial charge in [0.1, 0.15) is 0 Å². The lowest BCUT2D eigenvalue weighted by Crippen LogP contribution is -2.48. The van der Waals surface area contributed by atoms with Crippen LogP contribution in [0.15, 0.2) is 54.7 Å². The smallest absolute Gasteiger partial charge is 0.215 e. The molecule has 3 aromatic rings. The highest BCUT2D eigenvalue weighted by atomic mass is 32.2. The molecule has 3 fully saturated rings. The Hall–Kier alpha value is -2.19. The number of aromatic nitrogens is 1. The Morgan fingerprint density at radius 2 is 1.53 bits per heavy atom. The minimum atomic E-state index is -3.22. The highest BCUT2D eigenvalue weighted by Gasteiger charge is 2.31. The maximum absolute atomic E-state index is 13.2. The Labute approximate surface area is 228 Å². The summed E-state index contributed by atoms with van der Waals surface area (Å²) in [6.07, 6.45) is 10.3. The van der Waals surface area contributed by atoms with E-state index in [1.807, 2.05) is 6.07 Å². The molecule has 0 amide bonds. The fourth-order valence-electron chi connectivity index (χ4n) is 6.90. The lowest BCUT2D eigenvalue weighted by Gasteiger charge is -2.40. The van der Waals surface area contributed by atoms with E-state index >= 15 is 0 Å². The van der Waals surface area contributed by atoms with Gasteiger partial charge in [0.15, 0.2) is 0 Å². The Kier molecular flexibility index (Phi) is 7.89. The Morgan fingerprint density at radius 3 is 2.26 bits per heavy atom. The molecule has 2 aromatic carbocycles. The number of rotatable bonds is 7. The molecule has 1 aromatic heterocycles. The topological polar surface area (TPSA) is 59.7 Å². The van der Waals surface area contributed by atoms with Gasteiger partial charge in [0.25, 0.3) is 0 Å². The van der Waals surface area contributed by atoms with E-state index in [0.717, 1.165) is 31.4 Å². The van der Waals surface area contributed by atoms with Crippen LogP contribution in [-0.4, -0.2) is 85.1 Å². The zero-order valence-electron chi connectivity index (χ0n) is 22.5. The number of nitrogens with zero attached hydrogens (tertiary/aromatic N) is 3. The van der Waals surface area contributed by atoms with Crippen LogP contribution < -0.4 is 0 Å². The minimum absolute atomic E-state index is 0.250. The van der Waals surface area contributed by atoms with Crippen molar-refractivity contribution in [3.63, 3.8) is 0 Å². The highest BCUT2D eigenvalue weighted by molar-refractivity contribution is 7.89. The number of benzene rings is 2. The van der Waals surface area contributed by atoms with Crippen LogP contribution in [0.25, 0.3) is 22.0 Å². The summed E-state index contributed by atoms with van der Waals surface area (Å²) in [5.74, 6) is 0.634. The lowest BCUT2D eigenvalue weighted by atomic mass is 9.89. The molecule has 38 heavy (non-hydrogen) atoms. The molecule has 0 spiro atoms. The van der Waals surface area contributed by atoms with Crippen molar-refractivity contribution in [3.8, 4) is 11.1 Å². The lowest BCUT2D eigenvalue weighted by molar-refractivity contribution is 0.0950. The van der Waals surface area contributed by atoms with Crippen LogP contribution in [-0.2, 0) is 10.0 Å². The summed E-state index contributed by atoms with van der Waals surface area (Å²) < 4.78 is 28.2. The van der Waals surface area contributed by atoms with E-state index in [1.165, 1.54) is 67.3 Å². The van der Waals surface area contributed by atoms with Gasteiger partial charge in [-0.2, -0.15) is 0 Å². The molecule has 6 nitrogen and oxygen atoms in total. The molecular weight excluding hydrogens is 492 g/mol. The van der Waals surface area contributed by atoms with Crippen LogP contribution >= 0.6 is 0 Å².